The SMILES string of the molecule is Fc1c(F)c(F)[c]([In+2])c(F)c1F.[Cl-].[Cl-]. The van der Waals surface area contributed by atoms with E-state index in [1.165, 1.54) is 0 Å². The van der Waals surface area contributed by atoms with E-state index in [1.807, 2.05) is 0 Å². The van der Waals surface area contributed by atoms with Gasteiger partial charge in [-0.15, -0.1) is 0 Å². The maximum atomic E-state index is 12.4. The fourth-order valence-electron chi connectivity index (χ4n) is 0.622. The molecule has 0 unspecified atom stereocenters. The Morgan fingerprint density at radius 2 is 0.786 bits per heavy atom. The van der Waals surface area contributed by atoms with Crippen LogP contribution in [-0.4, -0.2) is 24.4 Å². The Labute approximate surface area is 103 Å². The first-order valence-electron chi connectivity index (χ1n) is 2.73. The van der Waals surface area contributed by atoms with Crippen LogP contribution in [-0.2, 0) is 0 Å². The second-order valence-electron chi connectivity index (χ2n) is 1.98. The van der Waals surface area contributed by atoms with Gasteiger partial charge < -0.3 is 24.8 Å². The van der Waals surface area contributed by atoms with Gasteiger partial charge in [-0.3, -0.25) is 0 Å². The molecule has 14 heavy (non-hydrogen) atoms. The molecule has 1 aromatic rings. The fraction of sp³-hybridized carbons (Fsp3) is 0. The molecule has 0 saturated carbocycles. The van der Waals surface area contributed by atoms with Gasteiger partial charge in [0.2, 0.25) is 0 Å². The summed E-state index contributed by atoms with van der Waals surface area (Å²) in [6, 6.07) is 0. The van der Waals surface area contributed by atoms with Gasteiger partial charge >= 0.3 is 78.7 Å². The van der Waals surface area contributed by atoms with Crippen LogP contribution in [0.3, 0.4) is 0 Å². The largest absolute Gasteiger partial charge is 1.00 e. The Bertz CT molecular complexity index is 238. The van der Waals surface area contributed by atoms with Crippen molar-refractivity contribution in [3.8, 4) is 0 Å². The Balaban J connectivity index is 0. The van der Waals surface area contributed by atoms with Crippen molar-refractivity contribution in [3.05, 3.63) is 29.1 Å². The molecule has 1 rings (SSSR count). The van der Waals surface area contributed by atoms with Crippen LogP contribution < -0.4 is 28.1 Å². The van der Waals surface area contributed by atoms with Crippen molar-refractivity contribution in [2.24, 2.45) is 0 Å². The van der Waals surface area contributed by atoms with E-state index < -0.39 is 32.4 Å². The summed E-state index contributed by atoms with van der Waals surface area (Å²) in [6.45, 7) is 0. The summed E-state index contributed by atoms with van der Waals surface area (Å²) in [7, 11) is 0. The third-order valence-electron chi connectivity index (χ3n) is 1.24. The van der Waals surface area contributed by atoms with Gasteiger partial charge in [0, 0.05) is 0 Å². The summed E-state index contributed by atoms with van der Waals surface area (Å²) < 4.78 is 61.0. The van der Waals surface area contributed by atoms with Crippen LogP contribution in [0.15, 0.2) is 0 Å². The predicted molar refractivity (Wildman–Crippen MR) is 31.6 cm³/mol. The maximum Gasteiger partial charge on any atom is -1.00 e. The first-order chi connectivity index (χ1) is 5.46. The molecule has 8 heteroatoms. The number of hydrogen-bond acceptors (Lipinski definition) is 0. The van der Waals surface area contributed by atoms with Gasteiger partial charge in [0.1, 0.15) is 0 Å². The first-order valence-corrected chi connectivity index (χ1v) is 4.38. The Hall–Kier alpha value is 0.320. The van der Waals surface area contributed by atoms with Crippen LogP contribution in [0.5, 0.6) is 0 Å². The molecule has 0 atom stereocenters. The Kier molecular flexibility index (Phi) is 7.20. The summed E-state index contributed by atoms with van der Waals surface area (Å²) in [5.41, 5.74) is 0. The summed E-state index contributed by atoms with van der Waals surface area (Å²) >= 11 is -0.157. The molecule has 0 aliphatic heterocycles. The molecule has 1 aromatic carbocycles. The number of hydrogen-bond donors (Lipinski definition) is 0. The van der Waals surface area contributed by atoms with Gasteiger partial charge in [0.15, 0.2) is 0 Å². The van der Waals surface area contributed by atoms with E-state index in [-0.39, 0.29) is 49.2 Å². The van der Waals surface area contributed by atoms with Gasteiger partial charge in [0.25, 0.3) is 0 Å². The predicted octanol–water partition coefficient (Wildman–Crippen LogP) is -4.82. The molecule has 0 aliphatic carbocycles. The zero-order valence-corrected chi connectivity index (χ0v) is 11.0. The van der Waals surface area contributed by atoms with E-state index in [4.69, 9.17) is 0 Å². The van der Waals surface area contributed by atoms with E-state index in [1.54, 1.807) is 0 Å². The van der Waals surface area contributed by atoms with Crippen LogP contribution in [0, 0.1) is 29.1 Å². The third kappa shape index (κ3) is 2.67. The average molecular weight is 353 g/mol. The zero-order chi connectivity index (χ0) is 9.46. The molecule has 0 fully saturated rings. The molecule has 0 spiro atoms. The summed E-state index contributed by atoms with van der Waals surface area (Å²) in [6.07, 6.45) is 0. The third-order valence-corrected chi connectivity index (χ3v) is 2.69. The van der Waals surface area contributed by atoms with Crippen molar-refractivity contribution in [2.75, 3.05) is 0 Å². The number of halogens is 7. The average Bonchev–Trinajstić information content (AvgIpc) is 2.08. The number of rotatable bonds is 0. The van der Waals surface area contributed by atoms with E-state index in [9.17, 15) is 22.0 Å². The quantitative estimate of drug-likeness (QED) is 0.250. The topological polar surface area (TPSA) is 0 Å². The first kappa shape index (κ1) is 16.7. The van der Waals surface area contributed by atoms with Crippen LogP contribution in [0.25, 0.3) is 0 Å². The minimum absolute atomic E-state index is 0. The van der Waals surface area contributed by atoms with E-state index >= 15 is 0 Å². The van der Waals surface area contributed by atoms with Crippen molar-refractivity contribution >= 4 is 27.7 Å². The van der Waals surface area contributed by atoms with Gasteiger partial charge in [-0.2, -0.15) is 0 Å². The fourth-order valence-corrected chi connectivity index (χ4v) is 1.35. The smallest absolute Gasteiger partial charge is 1.00 e. The van der Waals surface area contributed by atoms with Crippen molar-refractivity contribution in [2.45, 2.75) is 0 Å². The second-order valence-corrected chi connectivity index (χ2v) is 3.63. The van der Waals surface area contributed by atoms with E-state index in [0.717, 1.165) is 0 Å². The minimum atomic E-state index is -2.11. The molecule has 0 saturated heterocycles. The summed E-state index contributed by atoms with van der Waals surface area (Å²) in [4.78, 5) is 0. The van der Waals surface area contributed by atoms with Crippen molar-refractivity contribution < 1.29 is 46.8 Å². The van der Waals surface area contributed by atoms with Crippen LogP contribution in [0.2, 0.25) is 0 Å². The van der Waals surface area contributed by atoms with Crippen molar-refractivity contribution in [3.63, 3.8) is 0 Å². The normalized spacial score (nSPS) is 9.07. The maximum absolute atomic E-state index is 12.4. The molecule has 0 N–H and O–H groups in total. The van der Waals surface area contributed by atoms with Gasteiger partial charge in [-0.25, -0.2) is 0 Å². The van der Waals surface area contributed by atoms with E-state index in [2.05, 4.69) is 0 Å². The molecular formula is C6Cl2F5In. The molecule has 0 nitrogen and oxygen atoms in total. The minimum Gasteiger partial charge on any atom is -1.00 e. The Morgan fingerprint density at radius 1 is 0.571 bits per heavy atom. The molecule has 0 aromatic heterocycles. The van der Waals surface area contributed by atoms with E-state index in [0.29, 0.717) is 0 Å². The molecule has 0 amide bonds. The van der Waals surface area contributed by atoms with Crippen LogP contribution >= 0.6 is 0 Å². The molecule has 76 valence electrons. The molecule has 0 bridgehead atoms. The van der Waals surface area contributed by atoms with Crippen LogP contribution in [0.4, 0.5) is 22.0 Å². The zero-order valence-electron chi connectivity index (χ0n) is 6.22. The van der Waals surface area contributed by atoms with Gasteiger partial charge in [-0.1, -0.05) is 0 Å². The molecular weight excluding hydrogens is 353 g/mol. The van der Waals surface area contributed by atoms with Gasteiger partial charge in [-0.05, 0) is 0 Å². The standard InChI is InChI=1S/C6F5.2ClH.In/c7-2-1-3(8)5(10)6(11)4(2)9;;;/h;2*1H;/q;;;+2/p-2. The second kappa shape index (κ2) is 6.02. The molecule has 0 aliphatic rings. The van der Waals surface area contributed by atoms with Crippen molar-refractivity contribution in [1.82, 2.24) is 0 Å². The molecule has 0 radical (unpaired) electrons. The molecule has 0 heterocycles. The Morgan fingerprint density at radius 3 is 1.07 bits per heavy atom. The van der Waals surface area contributed by atoms with Gasteiger partial charge in [0.05, 0.1) is 0 Å². The summed E-state index contributed by atoms with van der Waals surface area (Å²) in [5.74, 6) is -9.32. The van der Waals surface area contributed by atoms with Crippen molar-refractivity contribution in [1.29, 1.82) is 0 Å². The summed E-state index contributed by atoms with van der Waals surface area (Å²) in [5, 5.41) is 0. The number of benzene rings is 1. The van der Waals surface area contributed by atoms with Crippen LogP contribution in [0.1, 0.15) is 0 Å². The monoisotopic (exact) mass is 352 g/mol.